The van der Waals surface area contributed by atoms with E-state index in [0.29, 0.717) is 6.04 Å². The number of hydrogen-bond acceptors (Lipinski definition) is 3. The lowest BCUT2D eigenvalue weighted by molar-refractivity contribution is 0.146. The molecule has 0 radical (unpaired) electrons. The van der Waals surface area contributed by atoms with Gasteiger partial charge in [-0.05, 0) is 64.3 Å². The van der Waals surface area contributed by atoms with E-state index in [-0.39, 0.29) is 0 Å². The monoisotopic (exact) mass is 292 g/mol. The summed E-state index contributed by atoms with van der Waals surface area (Å²) in [6, 6.07) is 4.83. The maximum absolute atomic E-state index is 5.70. The molecule has 1 aliphatic rings. The van der Waals surface area contributed by atoms with Crippen molar-refractivity contribution in [2.24, 2.45) is 11.8 Å². The molecule has 0 spiro atoms. The second kappa shape index (κ2) is 8.00. The molecule has 0 amide bonds. The van der Waals surface area contributed by atoms with Gasteiger partial charge in [0.1, 0.15) is 11.5 Å². The molecular weight excluding hydrogens is 260 g/mol. The third kappa shape index (κ3) is 4.86. The van der Waals surface area contributed by atoms with Gasteiger partial charge in [-0.15, -0.1) is 0 Å². The summed E-state index contributed by atoms with van der Waals surface area (Å²) in [4.78, 5) is 2.42. The molecule has 1 heterocycles. The molecule has 3 atom stereocenters. The third-order valence-electron chi connectivity index (χ3n) is 4.93. The second-order valence-electron chi connectivity index (χ2n) is 6.83. The fourth-order valence-corrected chi connectivity index (χ4v) is 3.91. The van der Waals surface area contributed by atoms with Crippen molar-refractivity contribution in [1.82, 2.24) is 10.2 Å². The van der Waals surface area contributed by atoms with E-state index >= 15 is 0 Å². The average molecular weight is 292 g/mol. The number of hydrogen-bond donors (Lipinski definition) is 1. The standard InChI is InChI=1S/C18H32N2O/c1-5-6-15-8-10-18(19-3)16(11-15)12-20(4)13-17-9-7-14(2)21-17/h7,9,15-16,18-19H,5-6,8,10-13H2,1-4H3. The number of rotatable bonds is 7. The minimum atomic E-state index is 0.680. The Morgan fingerprint density at radius 1 is 1.33 bits per heavy atom. The molecule has 120 valence electrons. The molecule has 3 heteroatoms. The normalized spacial score (nSPS) is 26.4. The molecule has 1 N–H and O–H groups in total. The van der Waals surface area contributed by atoms with Crippen LogP contribution in [-0.4, -0.2) is 31.6 Å². The van der Waals surface area contributed by atoms with Crippen molar-refractivity contribution in [2.45, 2.75) is 58.5 Å². The summed E-state index contributed by atoms with van der Waals surface area (Å²) in [5, 5.41) is 3.54. The Hall–Kier alpha value is -0.800. The largest absolute Gasteiger partial charge is 0.465 e. The minimum absolute atomic E-state index is 0.680. The van der Waals surface area contributed by atoms with Crippen molar-refractivity contribution in [2.75, 3.05) is 20.6 Å². The zero-order valence-electron chi connectivity index (χ0n) is 14.2. The fourth-order valence-electron chi connectivity index (χ4n) is 3.91. The van der Waals surface area contributed by atoms with Crippen molar-refractivity contribution in [3.8, 4) is 0 Å². The average Bonchev–Trinajstić information content (AvgIpc) is 2.84. The van der Waals surface area contributed by atoms with Gasteiger partial charge in [-0.1, -0.05) is 19.8 Å². The molecule has 2 rings (SSSR count). The first-order valence-corrected chi connectivity index (χ1v) is 8.53. The number of nitrogens with one attached hydrogen (secondary N) is 1. The van der Waals surface area contributed by atoms with E-state index in [0.717, 1.165) is 36.4 Å². The maximum atomic E-state index is 5.70. The molecule has 0 aliphatic heterocycles. The Morgan fingerprint density at radius 3 is 2.76 bits per heavy atom. The van der Waals surface area contributed by atoms with E-state index < -0.39 is 0 Å². The Kier molecular flexibility index (Phi) is 6.31. The summed E-state index contributed by atoms with van der Waals surface area (Å²) < 4.78 is 5.70. The summed E-state index contributed by atoms with van der Waals surface area (Å²) in [7, 11) is 4.34. The van der Waals surface area contributed by atoms with Crippen LogP contribution in [0, 0.1) is 18.8 Å². The highest BCUT2D eigenvalue weighted by molar-refractivity contribution is 5.05. The summed E-state index contributed by atoms with van der Waals surface area (Å²) in [6.45, 7) is 6.40. The highest BCUT2D eigenvalue weighted by Crippen LogP contribution is 2.32. The van der Waals surface area contributed by atoms with E-state index in [4.69, 9.17) is 4.42 Å². The third-order valence-corrected chi connectivity index (χ3v) is 4.93. The zero-order chi connectivity index (χ0) is 15.2. The first-order valence-electron chi connectivity index (χ1n) is 8.53. The quantitative estimate of drug-likeness (QED) is 0.828. The van der Waals surface area contributed by atoms with Crippen molar-refractivity contribution >= 4 is 0 Å². The summed E-state index contributed by atoms with van der Waals surface area (Å²) in [5.41, 5.74) is 0. The van der Waals surface area contributed by atoms with Gasteiger partial charge in [-0.3, -0.25) is 4.90 Å². The molecule has 21 heavy (non-hydrogen) atoms. The van der Waals surface area contributed by atoms with E-state index in [1.807, 2.05) is 6.92 Å². The van der Waals surface area contributed by atoms with Crippen LogP contribution in [0.1, 0.15) is 50.5 Å². The zero-order valence-corrected chi connectivity index (χ0v) is 14.2. The van der Waals surface area contributed by atoms with Crippen LogP contribution in [0.3, 0.4) is 0 Å². The van der Waals surface area contributed by atoms with Crippen LogP contribution in [0.25, 0.3) is 0 Å². The first-order chi connectivity index (χ1) is 10.1. The number of aryl methyl sites for hydroxylation is 1. The van der Waals surface area contributed by atoms with Crippen LogP contribution in [0.5, 0.6) is 0 Å². The van der Waals surface area contributed by atoms with Gasteiger partial charge in [-0.25, -0.2) is 0 Å². The lowest BCUT2D eigenvalue weighted by Crippen LogP contribution is -2.43. The van der Waals surface area contributed by atoms with Crippen LogP contribution in [0.2, 0.25) is 0 Å². The van der Waals surface area contributed by atoms with Gasteiger partial charge in [0, 0.05) is 12.6 Å². The summed E-state index contributed by atoms with van der Waals surface area (Å²) in [6.07, 6.45) is 6.83. The van der Waals surface area contributed by atoms with Gasteiger partial charge < -0.3 is 9.73 Å². The number of furan rings is 1. The van der Waals surface area contributed by atoms with Gasteiger partial charge in [0.2, 0.25) is 0 Å². The molecular formula is C18H32N2O. The SMILES string of the molecule is CCCC1CCC(NC)C(CN(C)Cc2ccc(C)o2)C1. The topological polar surface area (TPSA) is 28.4 Å². The van der Waals surface area contributed by atoms with Gasteiger partial charge >= 0.3 is 0 Å². The Morgan fingerprint density at radius 2 is 2.14 bits per heavy atom. The second-order valence-corrected chi connectivity index (χ2v) is 6.83. The molecule has 0 bridgehead atoms. The smallest absolute Gasteiger partial charge is 0.118 e. The Balaban J connectivity index is 1.88. The van der Waals surface area contributed by atoms with Gasteiger partial charge in [0.05, 0.1) is 6.54 Å². The molecule has 1 aliphatic carbocycles. The van der Waals surface area contributed by atoms with Gasteiger partial charge in [0.25, 0.3) is 0 Å². The first kappa shape index (κ1) is 16.6. The van der Waals surface area contributed by atoms with E-state index in [2.05, 4.69) is 43.4 Å². The lowest BCUT2D eigenvalue weighted by atomic mass is 9.76. The molecule has 1 fully saturated rings. The Labute approximate surface area is 130 Å². The Bertz CT molecular complexity index is 415. The van der Waals surface area contributed by atoms with Crippen LogP contribution < -0.4 is 5.32 Å². The van der Waals surface area contributed by atoms with Crippen LogP contribution >= 0.6 is 0 Å². The van der Waals surface area contributed by atoms with Gasteiger partial charge in [0.15, 0.2) is 0 Å². The highest BCUT2D eigenvalue weighted by Gasteiger charge is 2.29. The molecule has 1 saturated carbocycles. The van der Waals surface area contributed by atoms with Crippen molar-refractivity contribution in [1.29, 1.82) is 0 Å². The maximum Gasteiger partial charge on any atom is 0.118 e. The molecule has 3 nitrogen and oxygen atoms in total. The fraction of sp³-hybridized carbons (Fsp3) is 0.778. The predicted molar refractivity (Wildman–Crippen MR) is 88.4 cm³/mol. The van der Waals surface area contributed by atoms with Gasteiger partial charge in [-0.2, -0.15) is 0 Å². The van der Waals surface area contributed by atoms with Crippen molar-refractivity contribution in [3.05, 3.63) is 23.7 Å². The van der Waals surface area contributed by atoms with Crippen LogP contribution in [-0.2, 0) is 6.54 Å². The predicted octanol–water partition coefficient (Wildman–Crippen LogP) is 3.82. The van der Waals surface area contributed by atoms with E-state index in [1.165, 1.54) is 32.1 Å². The minimum Gasteiger partial charge on any atom is -0.465 e. The molecule has 0 saturated heterocycles. The molecule has 1 aromatic rings. The van der Waals surface area contributed by atoms with Crippen LogP contribution in [0.4, 0.5) is 0 Å². The molecule has 0 aromatic carbocycles. The summed E-state index contributed by atoms with van der Waals surface area (Å²) >= 11 is 0. The van der Waals surface area contributed by atoms with Crippen molar-refractivity contribution < 1.29 is 4.42 Å². The van der Waals surface area contributed by atoms with E-state index in [9.17, 15) is 0 Å². The molecule has 1 aromatic heterocycles. The highest BCUT2D eigenvalue weighted by atomic mass is 16.3. The number of nitrogens with zero attached hydrogens (tertiary/aromatic N) is 1. The summed E-state index contributed by atoms with van der Waals surface area (Å²) in [5.74, 6) is 3.79. The van der Waals surface area contributed by atoms with Crippen LogP contribution in [0.15, 0.2) is 16.5 Å². The van der Waals surface area contributed by atoms with Crippen molar-refractivity contribution in [3.63, 3.8) is 0 Å². The lowest BCUT2D eigenvalue weighted by Gasteiger charge is -2.38. The van der Waals surface area contributed by atoms with E-state index in [1.54, 1.807) is 0 Å². The molecule has 3 unspecified atom stereocenters.